The van der Waals surface area contributed by atoms with E-state index in [4.69, 9.17) is 21.5 Å². The molecule has 1 aliphatic rings. The highest BCUT2D eigenvalue weighted by Gasteiger charge is 2.46. The van der Waals surface area contributed by atoms with Crippen molar-refractivity contribution in [3.63, 3.8) is 0 Å². The molecule has 2 rings (SSSR count). The number of carbonyl (C=O) groups is 2. The van der Waals surface area contributed by atoms with Crippen LogP contribution in [0.15, 0.2) is 18.2 Å². The second-order valence-electron chi connectivity index (χ2n) is 7.96. The predicted octanol–water partition coefficient (Wildman–Crippen LogP) is 4.72. The summed E-state index contributed by atoms with van der Waals surface area (Å²) in [4.78, 5) is 22.1. The quantitative estimate of drug-likeness (QED) is 0.643. The predicted molar refractivity (Wildman–Crippen MR) is 101 cm³/mol. The Hall–Kier alpha value is -2.54. The molecule has 0 amide bonds. The molecule has 6 nitrogen and oxygen atoms in total. The molecule has 11 heteroatoms. The molecule has 1 aromatic carbocycles. The van der Waals surface area contributed by atoms with E-state index >= 15 is 0 Å². The van der Waals surface area contributed by atoms with Crippen LogP contribution in [0.5, 0.6) is 0 Å². The molecule has 2 N–H and O–H groups in total. The molecule has 1 heterocycles. The lowest BCUT2D eigenvalue weighted by Gasteiger charge is -2.35. The number of alkyl halides is 3. The van der Waals surface area contributed by atoms with Gasteiger partial charge in [-0.05, 0) is 36.5 Å². The van der Waals surface area contributed by atoms with Gasteiger partial charge in [0, 0.05) is 11.1 Å². The normalized spacial score (nSPS) is 21.4. The highest BCUT2D eigenvalue weighted by molar-refractivity contribution is 6.30. The van der Waals surface area contributed by atoms with E-state index in [1.54, 1.807) is 4.90 Å². The van der Waals surface area contributed by atoms with Gasteiger partial charge in [0.25, 0.3) is 0 Å². The summed E-state index contributed by atoms with van der Waals surface area (Å²) in [6.07, 6.45) is -4.30. The molecule has 1 fully saturated rings. The highest BCUT2D eigenvalue weighted by atomic mass is 35.5. The van der Waals surface area contributed by atoms with Crippen molar-refractivity contribution in [2.45, 2.75) is 51.9 Å². The molecule has 3 atom stereocenters. The van der Waals surface area contributed by atoms with Crippen molar-refractivity contribution in [3.8, 4) is 6.07 Å². The maximum absolute atomic E-state index is 14.4. The minimum atomic E-state index is -5.08. The van der Waals surface area contributed by atoms with Crippen LogP contribution >= 0.6 is 11.6 Å². The third kappa shape index (κ3) is 6.76. The second kappa shape index (κ2) is 9.51. The van der Waals surface area contributed by atoms with E-state index in [0.717, 1.165) is 0 Å². The first-order valence-corrected chi connectivity index (χ1v) is 9.12. The molecule has 1 aliphatic heterocycles. The molecule has 166 valence electrons. The van der Waals surface area contributed by atoms with Crippen molar-refractivity contribution >= 4 is 29.2 Å². The van der Waals surface area contributed by atoms with E-state index in [2.05, 4.69) is 6.07 Å². The summed E-state index contributed by atoms with van der Waals surface area (Å²) in [5, 5.41) is 26.3. The molecule has 1 saturated heterocycles. The largest absolute Gasteiger partial charge is 0.490 e. The number of nitriles is 1. The molecule has 1 aromatic rings. The molecule has 0 aromatic heterocycles. The third-order valence-electron chi connectivity index (χ3n) is 4.34. The number of hydrogen-bond acceptors (Lipinski definition) is 4. The molecular formula is C19H21ClF4N2O4. The fourth-order valence-electron chi connectivity index (χ4n) is 3.20. The van der Waals surface area contributed by atoms with Crippen LogP contribution < -0.4 is 4.90 Å². The van der Waals surface area contributed by atoms with E-state index < -0.39 is 35.9 Å². The van der Waals surface area contributed by atoms with Gasteiger partial charge in [-0.1, -0.05) is 32.4 Å². The number of benzene rings is 1. The zero-order valence-electron chi connectivity index (χ0n) is 16.4. The Kier molecular flexibility index (Phi) is 8.09. The zero-order chi connectivity index (χ0) is 23.4. The Morgan fingerprint density at radius 2 is 1.80 bits per heavy atom. The molecule has 0 saturated carbocycles. The standard InChI is InChI=1S/C17H20ClFN2O2.C2HF3O2/c1-17(2,3)8-15-10(9-20)6-14(16(22)23)21(15)13-5-4-11(18)7-12(13)19;3-2(4,5)1(6)7/h4-5,7,10,14-15H,6,8H2,1-3H3,(H,22,23);(H,6,7). The summed E-state index contributed by atoms with van der Waals surface area (Å²) in [6.45, 7) is 6.06. The lowest BCUT2D eigenvalue weighted by Crippen LogP contribution is -2.43. The maximum Gasteiger partial charge on any atom is 0.490 e. The summed E-state index contributed by atoms with van der Waals surface area (Å²) in [5.41, 5.74) is 0.0719. The fraction of sp³-hybridized carbons (Fsp3) is 0.526. The van der Waals surface area contributed by atoms with Gasteiger partial charge in [0.1, 0.15) is 11.9 Å². The van der Waals surface area contributed by atoms with Crippen LogP contribution in [0, 0.1) is 28.5 Å². The average molecular weight is 453 g/mol. The van der Waals surface area contributed by atoms with Crippen LogP contribution in [-0.2, 0) is 9.59 Å². The Morgan fingerprint density at radius 1 is 1.27 bits per heavy atom. The highest BCUT2D eigenvalue weighted by Crippen LogP contribution is 2.41. The van der Waals surface area contributed by atoms with Crippen LogP contribution in [-0.4, -0.2) is 40.4 Å². The zero-order valence-corrected chi connectivity index (χ0v) is 17.1. The monoisotopic (exact) mass is 452 g/mol. The van der Waals surface area contributed by atoms with Crippen molar-refractivity contribution in [1.82, 2.24) is 0 Å². The molecule has 0 spiro atoms. The van der Waals surface area contributed by atoms with E-state index in [0.29, 0.717) is 6.42 Å². The number of rotatable bonds is 3. The van der Waals surface area contributed by atoms with Crippen molar-refractivity contribution in [3.05, 3.63) is 29.0 Å². The average Bonchev–Trinajstić information content (AvgIpc) is 2.91. The molecule has 0 aliphatic carbocycles. The van der Waals surface area contributed by atoms with E-state index in [-0.39, 0.29) is 28.6 Å². The van der Waals surface area contributed by atoms with Gasteiger partial charge in [0.15, 0.2) is 0 Å². The lowest BCUT2D eigenvalue weighted by atomic mass is 9.83. The van der Waals surface area contributed by atoms with Gasteiger partial charge >= 0.3 is 18.1 Å². The second-order valence-corrected chi connectivity index (χ2v) is 8.40. The van der Waals surface area contributed by atoms with Crippen LogP contribution in [0.4, 0.5) is 23.2 Å². The first kappa shape index (κ1) is 25.5. The molecule has 3 unspecified atom stereocenters. The van der Waals surface area contributed by atoms with E-state index in [1.807, 2.05) is 20.8 Å². The maximum atomic E-state index is 14.4. The van der Waals surface area contributed by atoms with Crippen molar-refractivity contribution in [1.29, 1.82) is 5.26 Å². The van der Waals surface area contributed by atoms with E-state index in [1.165, 1.54) is 18.2 Å². The Bertz CT molecular complexity index is 833. The van der Waals surface area contributed by atoms with Gasteiger partial charge in [-0.3, -0.25) is 0 Å². The number of hydrogen-bond donors (Lipinski definition) is 2. The van der Waals surface area contributed by atoms with Gasteiger partial charge in [-0.15, -0.1) is 0 Å². The molecule has 0 radical (unpaired) electrons. The number of carboxylic acid groups (broad SMARTS) is 2. The van der Waals surface area contributed by atoms with Crippen molar-refractivity contribution in [2.75, 3.05) is 4.90 Å². The first-order chi connectivity index (χ1) is 13.6. The number of halogens is 5. The number of aliphatic carboxylic acids is 2. The summed E-state index contributed by atoms with van der Waals surface area (Å²) in [7, 11) is 0. The summed E-state index contributed by atoms with van der Waals surface area (Å²) in [6, 6.07) is 5.13. The van der Waals surface area contributed by atoms with Gasteiger partial charge in [-0.2, -0.15) is 18.4 Å². The topological polar surface area (TPSA) is 102 Å². The lowest BCUT2D eigenvalue weighted by molar-refractivity contribution is -0.192. The number of nitrogens with zero attached hydrogens (tertiary/aromatic N) is 2. The Balaban J connectivity index is 0.000000553. The van der Waals surface area contributed by atoms with Gasteiger partial charge in [0.05, 0.1) is 17.7 Å². The van der Waals surface area contributed by atoms with Crippen molar-refractivity contribution in [2.24, 2.45) is 11.3 Å². The fourth-order valence-corrected chi connectivity index (χ4v) is 3.36. The number of anilines is 1. The van der Waals surface area contributed by atoms with E-state index in [9.17, 15) is 32.7 Å². The van der Waals surface area contributed by atoms with Crippen LogP contribution in [0.1, 0.15) is 33.6 Å². The number of carboxylic acids is 2. The van der Waals surface area contributed by atoms with Gasteiger partial charge < -0.3 is 15.1 Å². The molecule has 0 bridgehead atoms. The third-order valence-corrected chi connectivity index (χ3v) is 4.57. The first-order valence-electron chi connectivity index (χ1n) is 8.74. The van der Waals surface area contributed by atoms with Crippen LogP contribution in [0.2, 0.25) is 5.02 Å². The summed E-state index contributed by atoms with van der Waals surface area (Å²) in [5.74, 6) is -4.82. The van der Waals surface area contributed by atoms with Crippen LogP contribution in [0.3, 0.4) is 0 Å². The minimum Gasteiger partial charge on any atom is -0.480 e. The Morgan fingerprint density at radius 3 is 2.17 bits per heavy atom. The van der Waals surface area contributed by atoms with Crippen molar-refractivity contribution < 1.29 is 37.4 Å². The SMILES string of the molecule is CC(C)(C)CC1C(C#N)CC(C(=O)O)N1c1ccc(Cl)cc1F.O=C(O)C(F)(F)F. The van der Waals surface area contributed by atoms with Crippen LogP contribution in [0.25, 0.3) is 0 Å². The minimum absolute atomic E-state index is 0.117. The molecular weight excluding hydrogens is 432 g/mol. The smallest absolute Gasteiger partial charge is 0.480 e. The summed E-state index contributed by atoms with van der Waals surface area (Å²) < 4.78 is 46.1. The van der Waals surface area contributed by atoms with Gasteiger partial charge in [-0.25, -0.2) is 14.0 Å². The van der Waals surface area contributed by atoms with Gasteiger partial charge in [0.2, 0.25) is 0 Å². The summed E-state index contributed by atoms with van der Waals surface area (Å²) >= 11 is 5.79. The Labute approximate surface area is 175 Å². The molecule has 30 heavy (non-hydrogen) atoms.